The van der Waals surface area contributed by atoms with E-state index in [9.17, 15) is 14.4 Å². The number of nitrogens with one attached hydrogen (secondary N) is 1. The molecule has 0 aromatic carbocycles. The van der Waals surface area contributed by atoms with Crippen molar-refractivity contribution in [3.8, 4) is 0 Å². The molecular weight excluding hydrogens is 244 g/mol. The summed E-state index contributed by atoms with van der Waals surface area (Å²) in [6, 6.07) is 0. The summed E-state index contributed by atoms with van der Waals surface area (Å²) in [5, 5.41) is 2.73. The first-order chi connectivity index (χ1) is 9.15. The van der Waals surface area contributed by atoms with Crippen molar-refractivity contribution in [1.29, 1.82) is 0 Å². The molecule has 5 heteroatoms. The van der Waals surface area contributed by atoms with Crippen LogP contribution >= 0.6 is 0 Å². The molecule has 2 rings (SSSR count). The smallest absolute Gasteiger partial charge is 0.240 e. The Kier molecular flexibility index (Phi) is 4.35. The number of carbonyl (C=O) groups is 3. The maximum absolute atomic E-state index is 12.1. The van der Waals surface area contributed by atoms with Gasteiger partial charge in [0.25, 0.3) is 0 Å². The van der Waals surface area contributed by atoms with Crippen LogP contribution in [0.2, 0.25) is 0 Å². The van der Waals surface area contributed by atoms with E-state index in [1.165, 1.54) is 0 Å². The van der Waals surface area contributed by atoms with E-state index in [1.807, 2.05) is 19.1 Å². The van der Waals surface area contributed by atoms with Crippen LogP contribution < -0.4 is 5.32 Å². The van der Waals surface area contributed by atoms with Crippen LogP contribution in [0.15, 0.2) is 12.2 Å². The summed E-state index contributed by atoms with van der Waals surface area (Å²) in [4.78, 5) is 37.0. The second kappa shape index (κ2) is 5.99. The molecule has 3 amide bonds. The first-order valence-corrected chi connectivity index (χ1v) is 6.92. The van der Waals surface area contributed by atoms with E-state index in [2.05, 4.69) is 5.32 Å². The standard InChI is InChI=1S/C14H20N2O3/c1-2-3-8-15-12(17)9-16-13(18)10-6-4-5-7-11(10)14(16)19/h4-5,10-11H,2-3,6-9H2,1H3,(H,15,17)/t10-,11+. The van der Waals surface area contributed by atoms with Crippen LogP contribution in [0.25, 0.3) is 0 Å². The van der Waals surface area contributed by atoms with Crippen LogP contribution in [0.3, 0.4) is 0 Å². The van der Waals surface area contributed by atoms with E-state index in [0.29, 0.717) is 19.4 Å². The third-order valence-electron chi connectivity index (χ3n) is 3.75. The number of hydrogen-bond donors (Lipinski definition) is 1. The molecule has 1 aliphatic heterocycles. The minimum absolute atomic E-state index is 0.131. The predicted octanol–water partition coefficient (Wildman–Crippen LogP) is 0.854. The Bertz CT molecular complexity index is 391. The molecule has 104 valence electrons. The van der Waals surface area contributed by atoms with Crippen molar-refractivity contribution >= 4 is 17.7 Å². The van der Waals surface area contributed by atoms with Gasteiger partial charge in [0, 0.05) is 6.54 Å². The largest absolute Gasteiger partial charge is 0.355 e. The zero-order valence-corrected chi connectivity index (χ0v) is 11.2. The lowest BCUT2D eigenvalue weighted by Gasteiger charge is -2.14. The van der Waals surface area contributed by atoms with Gasteiger partial charge in [0.15, 0.2) is 0 Å². The Morgan fingerprint density at radius 1 is 1.26 bits per heavy atom. The summed E-state index contributed by atoms with van der Waals surface area (Å²) in [6.07, 6.45) is 7.02. The summed E-state index contributed by atoms with van der Waals surface area (Å²) < 4.78 is 0. The van der Waals surface area contributed by atoms with Gasteiger partial charge in [-0.3, -0.25) is 19.3 Å². The van der Waals surface area contributed by atoms with E-state index in [-0.39, 0.29) is 36.1 Å². The third-order valence-corrected chi connectivity index (χ3v) is 3.75. The molecule has 19 heavy (non-hydrogen) atoms. The van der Waals surface area contributed by atoms with Gasteiger partial charge >= 0.3 is 0 Å². The highest BCUT2D eigenvalue weighted by Gasteiger charge is 2.47. The number of likely N-dealkylation sites (tertiary alicyclic amines) is 1. The molecule has 0 aromatic heterocycles. The Labute approximate surface area is 113 Å². The highest BCUT2D eigenvalue weighted by atomic mass is 16.2. The highest BCUT2D eigenvalue weighted by molar-refractivity contribution is 6.07. The van der Waals surface area contributed by atoms with Crippen molar-refractivity contribution < 1.29 is 14.4 Å². The van der Waals surface area contributed by atoms with Gasteiger partial charge in [0.1, 0.15) is 6.54 Å². The first kappa shape index (κ1) is 13.8. The maximum Gasteiger partial charge on any atom is 0.240 e. The van der Waals surface area contributed by atoms with Gasteiger partial charge in [0.2, 0.25) is 17.7 Å². The maximum atomic E-state index is 12.1. The number of imide groups is 1. The van der Waals surface area contributed by atoms with E-state index in [0.717, 1.165) is 17.7 Å². The van der Waals surface area contributed by atoms with Crippen molar-refractivity contribution in [3.05, 3.63) is 12.2 Å². The monoisotopic (exact) mass is 264 g/mol. The summed E-state index contributed by atoms with van der Waals surface area (Å²) in [6.45, 7) is 2.51. The molecule has 1 heterocycles. The van der Waals surface area contributed by atoms with Crippen LogP contribution in [0.1, 0.15) is 32.6 Å². The third kappa shape index (κ3) is 2.85. The quantitative estimate of drug-likeness (QED) is 0.455. The second-order valence-corrected chi connectivity index (χ2v) is 5.12. The Balaban J connectivity index is 1.92. The van der Waals surface area contributed by atoms with Gasteiger partial charge in [-0.1, -0.05) is 25.5 Å². The molecule has 2 aliphatic rings. The molecule has 2 atom stereocenters. The van der Waals surface area contributed by atoms with E-state index in [4.69, 9.17) is 0 Å². The number of carbonyl (C=O) groups excluding carboxylic acids is 3. The lowest BCUT2D eigenvalue weighted by atomic mass is 9.85. The number of amides is 3. The summed E-state index contributed by atoms with van der Waals surface area (Å²) in [5.74, 6) is -1.13. The lowest BCUT2D eigenvalue weighted by Crippen LogP contribution is -2.41. The molecule has 1 aliphatic carbocycles. The molecule has 1 saturated heterocycles. The van der Waals surface area contributed by atoms with Gasteiger partial charge < -0.3 is 5.32 Å². The zero-order valence-electron chi connectivity index (χ0n) is 11.2. The van der Waals surface area contributed by atoms with Crippen LogP contribution in [-0.2, 0) is 14.4 Å². The average molecular weight is 264 g/mol. The second-order valence-electron chi connectivity index (χ2n) is 5.12. The first-order valence-electron chi connectivity index (χ1n) is 6.92. The number of allylic oxidation sites excluding steroid dienone is 2. The Morgan fingerprint density at radius 2 is 1.84 bits per heavy atom. The molecule has 0 radical (unpaired) electrons. The van der Waals surface area contributed by atoms with Crippen molar-refractivity contribution in [3.63, 3.8) is 0 Å². The number of nitrogens with zero attached hydrogens (tertiary/aromatic N) is 1. The molecular formula is C14H20N2O3. The fourth-order valence-electron chi connectivity index (χ4n) is 2.63. The van der Waals surface area contributed by atoms with Crippen molar-refractivity contribution in [2.75, 3.05) is 13.1 Å². The molecule has 0 spiro atoms. The summed E-state index contributed by atoms with van der Waals surface area (Å²) >= 11 is 0. The van der Waals surface area contributed by atoms with Crippen LogP contribution in [0.4, 0.5) is 0 Å². The number of rotatable bonds is 5. The summed E-state index contributed by atoms with van der Waals surface area (Å²) in [5.41, 5.74) is 0. The Hall–Kier alpha value is -1.65. The minimum atomic E-state index is -0.249. The highest BCUT2D eigenvalue weighted by Crippen LogP contribution is 2.34. The zero-order chi connectivity index (χ0) is 13.8. The van der Waals surface area contributed by atoms with Gasteiger partial charge in [-0.05, 0) is 19.3 Å². The predicted molar refractivity (Wildman–Crippen MR) is 70.0 cm³/mol. The van der Waals surface area contributed by atoms with Gasteiger partial charge in [-0.25, -0.2) is 0 Å². The number of hydrogen-bond acceptors (Lipinski definition) is 3. The number of unbranched alkanes of at least 4 members (excludes halogenated alkanes) is 1. The van der Waals surface area contributed by atoms with Crippen molar-refractivity contribution in [1.82, 2.24) is 10.2 Å². The minimum Gasteiger partial charge on any atom is -0.355 e. The van der Waals surface area contributed by atoms with E-state index >= 15 is 0 Å². The van der Waals surface area contributed by atoms with Gasteiger partial charge in [-0.2, -0.15) is 0 Å². The molecule has 0 bridgehead atoms. The van der Waals surface area contributed by atoms with E-state index < -0.39 is 0 Å². The van der Waals surface area contributed by atoms with Crippen LogP contribution in [0, 0.1) is 11.8 Å². The van der Waals surface area contributed by atoms with Gasteiger partial charge in [0.05, 0.1) is 11.8 Å². The Morgan fingerprint density at radius 3 is 2.37 bits per heavy atom. The van der Waals surface area contributed by atoms with Gasteiger partial charge in [-0.15, -0.1) is 0 Å². The van der Waals surface area contributed by atoms with Crippen molar-refractivity contribution in [2.45, 2.75) is 32.6 Å². The average Bonchev–Trinajstić information content (AvgIpc) is 2.65. The number of fused-ring (bicyclic) bond motifs is 1. The molecule has 0 saturated carbocycles. The SMILES string of the molecule is CCCCNC(=O)CN1C(=O)[C@H]2CC=CC[C@H]2C1=O. The molecule has 5 nitrogen and oxygen atoms in total. The normalized spacial score (nSPS) is 25.6. The van der Waals surface area contributed by atoms with Crippen molar-refractivity contribution in [2.24, 2.45) is 11.8 Å². The fraction of sp³-hybridized carbons (Fsp3) is 0.643. The lowest BCUT2D eigenvalue weighted by molar-refractivity contribution is -0.143. The fourth-order valence-corrected chi connectivity index (χ4v) is 2.63. The van der Waals surface area contributed by atoms with E-state index in [1.54, 1.807) is 0 Å². The molecule has 1 N–H and O–H groups in total. The molecule has 0 aromatic rings. The molecule has 1 fully saturated rings. The summed E-state index contributed by atoms with van der Waals surface area (Å²) in [7, 11) is 0. The molecule has 0 unspecified atom stereocenters. The van der Waals surface area contributed by atoms with Crippen LogP contribution in [-0.4, -0.2) is 35.7 Å². The van der Waals surface area contributed by atoms with Crippen LogP contribution in [0.5, 0.6) is 0 Å². The topological polar surface area (TPSA) is 66.5 Å².